The van der Waals surface area contributed by atoms with Gasteiger partial charge in [-0.2, -0.15) is 0 Å². The third kappa shape index (κ3) is 3.57. The number of carbonyl (C=O) groups excluding carboxylic acids is 1. The summed E-state index contributed by atoms with van der Waals surface area (Å²) in [6, 6.07) is 9.24. The lowest BCUT2D eigenvalue weighted by atomic mass is 9.81. The van der Waals surface area contributed by atoms with Crippen molar-refractivity contribution in [2.24, 2.45) is 10.9 Å². The first kappa shape index (κ1) is 18.4. The van der Waals surface area contributed by atoms with E-state index in [1.54, 1.807) is 6.07 Å². The van der Waals surface area contributed by atoms with Gasteiger partial charge in [-0.1, -0.05) is 30.3 Å². The van der Waals surface area contributed by atoms with Crippen molar-refractivity contribution in [1.82, 2.24) is 15.3 Å². The van der Waals surface area contributed by atoms with Crippen LogP contribution in [-0.4, -0.2) is 38.0 Å². The van der Waals surface area contributed by atoms with Crippen LogP contribution in [0.1, 0.15) is 35.4 Å². The Hall–Kier alpha value is -2.94. The van der Waals surface area contributed by atoms with E-state index in [-0.39, 0.29) is 11.7 Å². The Labute approximate surface area is 165 Å². The minimum absolute atomic E-state index is 0.102. The summed E-state index contributed by atoms with van der Waals surface area (Å²) >= 11 is 1.45. The number of aromatic nitrogens is 2. The highest BCUT2D eigenvalue weighted by atomic mass is 32.2. The van der Waals surface area contributed by atoms with Crippen LogP contribution in [0.3, 0.4) is 0 Å². The summed E-state index contributed by atoms with van der Waals surface area (Å²) in [7, 11) is 0. The number of fused-ring (bicyclic) bond motifs is 1. The number of nitrogens with zero attached hydrogens (tertiary/aromatic N) is 3. The minimum Gasteiger partial charge on any atom is -0.465 e. The van der Waals surface area contributed by atoms with Gasteiger partial charge in [-0.3, -0.25) is 15.1 Å². The lowest BCUT2D eigenvalue weighted by molar-refractivity contribution is 0.101. The molecule has 0 radical (unpaired) electrons. The highest BCUT2D eigenvalue weighted by Crippen LogP contribution is 2.51. The topological polar surface area (TPSA) is 117 Å². The van der Waals surface area contributed by atoms with Gasteiger partial charge in [-0.15, -0.1) is 0 Å². The van der Waals surface area contributed by atoms with E-state index in [4.69, 9.17) is 10.1 Å². The molecular formula is C19H19N5O3S. The van der Waals surface area contributed by atoms with E-state index >= 15 is 0 Å². The van der Waals surface area contributed by atoms with Crippen LogP contribution in [0.25, 0.3) is 0 Å². The monoisotopic (exact) mass is 397 g/mol. The molecule has 1 aliphatic carbocycles. The Bertz CT molecular complexity index is 936. The molecule has 1 fully saturated rings. The van der Waals surface area contributed by atoms with Crippen LogP contribution in [0, 0.1) is 5.92 Å². The molecule has 0 bridgehead atoms. The lowest BCUT2D eigenvalue weighted by Gasteiger charge is -2.36. The number of anilines is 1. The van der Waals surface area contributed by atoms with E-state index in [0.717, 1.165) is 30.6 Å². The number of thioether (sulfide) groups is 1. The average Bonchev–Trinajstić information content (AvgIpc) is 3.13. The van der Waals surface area contributed by atoms with Gasteiger partial charge in [-0.25, -0.2) is 14.8 Å². The maximum atomic E-state index is 12.4. The van der Waals surface area contributed by atoms with E-state index in [0.29, 0.717) is 16.8 Å². The zero-order chi connectivity index (χ0) is 19.6. The van der Waals surface area contributed by atoms with Crippen LogP contribution in [0.5, 0.6) is 0 Å². The molecule has 2 heterocycles. The maximum absolute atomic E-state index is 12.4. The first-order valence-corrected chi connectivity index (χ1v) is 9.97. The molecule has 0 spiro atoms. The van der Waals surface area contributed by atoms with Crippen LogP contribution >= 0.6 is 11.8 Å². The fourth-order valence-electron chi connectivity index (χ4n) is 3.89. The van der Waals surface area contributed by atoms with Crippen LogP contribution in [0.4, 0.5) is 10.5 Å². The lowest BCUT2D eigenvalue weighted by Crippen LogP contribution is -2.39. The van der Waals surface area contributed by atoms with Crippen molar-refractivity contribution in [3.05, 3.63) is 54.1 Å². The first-order valence-electron chi connectivity index (χ1n) is 8.98. The fraction of sp³-hybridized carbons (Fsp3) is 0.316. The van der Waals surface area contributed by atoms with Gasteiger partial charge in [0.15, 0.2) is 5.17 Å². The van der Waals surface area contributed by atoms with Gasteiger partial charge in [0, 0.05) is 23.8 Å². The molecule has 3 N–H and O–H groups in total. The van der Waals surface area contributed by atoms with Crippen LogP contribution in [-0.2, 0) is 5.54 Å². The zero-order valence-corrected chi connectivity index (χ0v) is 15.8. The molecule has 1 saturated carbocycles. The van der Waals surface area contributed by atoms with E-state index in [9.17, 15) is 9.59 Å². The number of amides is 2. The standard InChI is InChI=1S/C19H19N5O3S/c25-16(15-20-8-3-9-21-15)22-14-6-1-4-12(10-14)19-7-2-5-13(19)11-28-17(24-19)23-18(26)27/h1,3-4,6,8-10,13H,2,5,7,11H2,(H,22,25)(H,23,24)(H,26,27)/t13?,19-/m1/s1. The number of carbonyl (C=O) groups is 2. The summed E-state index contributed by atoms with van der Waals surface area (Å²) in [6.45, 7) is 0. The van der Waals surface area contributed by atoms with Crippen molar-refractivity contribution in [3.63, 3.8) is 0 Å². The molecule has 2 aromatic rings. The Kier molecular flexibility index (Phi) is 4.99. The van der Waals surface area contributed by atoms with Crippen LogP contribution < -0.4 is 10.6 Å². The highest BCUT2D eigenvalue weighted by molar-refractivity contribution is 8.13. The molecule has 1 aromatic heterocycles. The van der Waals surface area contributed by atoms with E-state index in [1.165, 1.54) is 24.2 Å². The predicted molar refractivity (Wildman–Crippen MR) is 106 cm³/mol. The number of amidine groups is 1. The van der Waals surface area contributed by atoms with Crippen LogP contribution in [0.2, 0.25) is 0 Å². The molecule has 9 heteroatoms. The molecule has 144 valence electrons. The molecule has 0 saturated heterocycles. The largest absolute Gasteiger partial charge is 0.465 e. The summed E-state index contributed by atoms with van der Waals surface area (Å²) in [5.74, 6) is 0.868. The molecule has 2 amide bonds. The Morgan fingerprint density at radius 1 is 1.18 bits per heavy atom. The summed E-state index contributed by atoms with van der Waals surface area (Å²) in [6.07, 6.45) is 4.86. The fourth-order valence-corrected chi connectivity index (χ4v) is 5.08. The number of rotatable bonds is 3. The second-order valence-electron chi connectivity index (χ2n) is 6.78. The van der Waals surface area contributed by atoms with Crippen molar-refractivity contribution in [2.45, 2.75) is 24.8 Å². The molecule has 1 aromatic carbocycles. The Morgan fingerprint density at radius 3 is 2.79 bits per heavy atom. The number of nitrogens with one attached hydrogen (secondary N) is 2. The highest BCUT2D eigenvalue weighted by Gasteiger charge is 2.47. The summed E-state index contributed by atoms with van der Waals surface area (Å²) in [4.78, 5) is 36.1. The van der Waals surface area contributed by atoms with E-state index in [1.807, 2.05) is 24.3 Å². The molecule has 4 rings (SSSR count). The molecule has 8 nitrogen and oxygen atoms in total. The maximum Gasteiger partial charge on any atom is 0.410 e. The zero-order valence-electron chi connectivity index (χ0n) is 15.0. The van der Waals surface area contributed by atoms with Crippen molar-refractivity contribution >= 4 is 34.6 Å². The Balaban J connectivity index is 1.64. The average molecular weight is 397 g/mol. The number of benzene rings is 1. The smallest absolute Gasteiger partial charge is 0.410 e. The predicted octanol–water partition coefficient (Wildman–Crippen LogP) is 3.09. The second kappa shape index (κ2) is 7.59. The summed E-state index contributed by atoms with van der Waals surface area (Å²) < 4.78 is 0. The molecule has 1 unspecified atom stereocenters. The molecule has 2 atom stereocenters. The van der Waals surface area contributed by atoms with Crippen LogP contribution in [0.15, 0.2) is 47.7 Å². The van der Waals surface area contributed by atoms with Gasteiger partial charge in [0.2, 0.25) is 5.82 Å². The number of hydrogen-bond donors (Lipinski definition) is 3. The van der Waals surface area contributed by atoms with Gasteiger partial charge < -0.3 is 10.4 Å². The number of aliphatic imine (C=N–C) groups is 1. The molecular weight excluding hydrogens is 378 g/mol. The van der Waals surface area contributed by atoms with E-state index < -0.39 is 11.6 Å². The quantitative estimate of drug-likeness (QED) is 0.733. The second-order valence-corrected chi connectivity index (χ2v) is 7.79. The number of hydrogen-bond acceptors (Lipinski definition) is 6. The molecule has 1 aliphatic heterocycles. The minimum atomic E-state index is -1.11. The van der Waals surface area contributed by atoms with Gasteiger partial charge in [0.25, 0.3) is 5.91 Å². The van der Waals surface area contributed by atoms with Crippen molar-refractivity contribution in [2.75, 3.05) is 11.1 Å². The van der Waals surface area contributed by atoms with Crippen molar-refractivity contribution in [1.29, 1.82) is 0 Å². The molecule has 2 aliphatic rings. The van der Waals surface area contributed by atoms with E-state index in [2.05, 4.69) is 20.6 Å². The third-order valence-electron chi connectivity index (χ3n) is 5.11. The van der Waals surface area contributed by atoms with Crippen molar-refractivity contribution in [3.8, 4) is 0 Å². The Morgan fingerprint density at radius 2 is 2.00 bits per heavy atom. The number of carboxylic acid groups (broad SMARTS) is 1. The van der Waals surface area contributed by atoms with Gasteiger partial charge >= 0.3 is 6.09 Å². The van der Waals surface area contributed by atoms with Gasteiger partial charge in [0.05, 0.1) is 5.54 Å². The third-order valence-corrected chi connectivity index (χ3v) is 6.15. The van der Waals surface area contributed by atoms with Crippen molar-refractivity contribution < 1.29 is 14.7 Å². The molecule has 28 heavy (non-hydrogen) atoms. The summed E-state index contributed by atoms with van der Waals surface area (Å²) in [5, 5.41) is 14.7. The van der Waals surface area contributed by atoms with Gasteiger partial charge in [-0.05, 0) is 42.5 Å². The van der Waals surface area contributed by atoms with Gasteiger partial charge in [0.1, 0.15) is 0 Å². The normalized spacial score (nSPS) is 23.4. The first-order chi connectivity index (χ1) is 13.6. The summed E-state index contributed by atoms with van der Waals surface area (Å²) in [5.41, 5.74) is 1.15. The SMILES string of the molecule is O=C(O)NC1=N[C@@]2(c3cccc(NC(=O)c4ncccn4)c3)CCCC2CS1.